The maximum Gasteiger partial charge on any atom is 0.224 e. The van der Waals surface area contributed by atoms with Gasteiger partial charge in [0.15, 0.2) is 0 Å². The second kappa shape index (κ2) is 8.62. The zero-order valence-corrected chi connectivity index (χ0v) is 14.7. The number of nitrogens with one attached hydrogen (secondary N) is 1. The number of carbonyl (C=O) groups is 1. The third-order valence-electron chi connectivity index (χ3n) is 4.44. The summed E-state index contributed by atoms with van der Waals surface area (Å²) in [6.45, 7) is 5.32. The SMILES string of the molecule is CCc1ccc(CCC(=O)Nc2ccc(N3CCOCC3)nc2)cc1. The number of rotatable bonds is 6. The van der Waals surface area contributed by atoms with Crippen molar-refractivity contribution in [2.24, 2.45) is 0 Å². The molecule has 0 saturated carbocycles. The van der Waals surface area contributed by atoms with Crippen LogP contribution in [0.1, 0.15) is 24.5 Å². The lowest BCUT2D eigenvalue weighted by molar-refractivity contribution is -0.116. The van der Waals surface area contributed by atoms with Crippen molar-refractivity contribution in [3.63, 3.8) is 0 Å². The predicted molar refractivity (Wildman–Crippen MR) is 100 cm³/mol. The number of carbonyl (C=O) groups excluding carboxylic acids is 1. The summed E-state index contributed by atoms with van der Waals surface area (Å²) in [5.41, 5.74) is 3.25. The van der Waals surface area contributed by atoms with Gasteiger partial charge >= 0.3 is 0 Å². The molecule has 1 aliphatic rings. The summed E-state index contributed by atoms with van der Waals surface area (Å²) in [6, 6.07) is 12.3. The molecule has 3 rings (SSSR count). The smallest absolute Gasteiger partial charge is 0.224 e. The van der Waals surface area contributed by atoms with E-state index in [2.05, 4.69) is 46.4 Å². The Labute approximate surface area is 149 Å². The Morgan fingerprint density at radius 3 is 2.48 bits per heavy atom. The minimum atomic E-state index is 0.0143. The second-order valence-corrected chi connectivity index (χ2v) is 6.22. The van der Waals surface area contributed by atoms with E-state index in [0.717, 1.165) is 50.7 Å². The van der Waals surface area contributed by atoms with Gasteiger partial charge in [-0.25, -0.2) is 4.98 Å². The summed E-state index contributed by atoms with van der Waals surface area (Å²) in [5, 5.41) is 2.92. The van der Waals surface area contributed by atoms with E-state index in [1.807, 2.05) is 12.1 Å². The maximum absolute atomic E-state index is 12.1. The number of aromatic nitrogens is 1. The molecule has 1 fully saturated rings. The van der Waals surface area contributed by atoms with Crippen molar-refractivity contribution in [3.05, 3.63) is 53.7 Å². The number of morpholine rings is 1. The molecular weight excluding hydrogens is 314 g/mol. The van der Waals surface area contributed by atoms with Crippen LogP contribution in [0.3, 0.4) is 0 Å². The molecule has 1 amide bonds. The van der Waals surface area contributed by atoms with Crippen molar-refractivity contribution in [2.75, 3.05) is 36.5 Å². The Balaban J connectivity index is 1.48. The second-order valence-electron chi connectivity index (χ2n) is 6.22. The predicted octanol–water partition coefficient (Wildman–Crippen LogP) is 3.05. The first-order valence-electron chi connectivity index (χ1n) is 8.91. The number of pyridine rings is 1. The van der Waals surface area contributed by atoms with E-state index < -0.39 is 0 Å². The first-order chi connectivity index (χ1) is 12.2. The largest absolute Gasteiger partial charge is 0.378 e. The van der Waals surface area contributed by atoms with Crippen LogP contribution >= 0.6 is 0 Å². The molecule has 2 aromatic rings. The Hall–Kier alpha value is -2.40. The molecule has 1 saturated heterocycles. The van der Waals surface area contributed by atoms with Crippen LogP contribution in [0.25, 0.3) is 0 Å². The quantitative estimate of drug-likeness (QED) is 0.879. The fourth-order valence-corrected chi connectivity index (χ4v) is 2.86. The van der Waals surface area contributed by atoms with Gasteiger partial charge in [-0.3, -0.25) is 4.79 Å². The Bertz CT molecular complexity index is 677. The van der Waals surface area contributed by atoms with Crippen molar-refractivity contribution in [1.29, 1.82) is 0 Å². The molecule has 1 aromatic carbocycles. The van der Waals surface area contributed by atoms with Crippen LogP contribution in [0, 0.1) is 0 Å². The van der Waals surface area contributed by atoms with Gasteiger partial charge < -0.3 is 15.0 Å². The highest BCUT2D eigenvalue weighted by atomic mass is 16.5. The highest BCUT2D eigenvalue weighted by Crippen LogP contribution is 2.16. The molecule has 5 heteroatoms. The van der Waals surface area contributed by atoms with E-state index >= 15 is 0 Å². The minimum Gasteiger partial charge on any atom is -0.378 e. The van der Waals surface area contributed by atoms with E-state index in [1.165, 1.54) is 11.1 Å². The molecule has 25 heavy (non-hydrogen) atoms. The lowest BCUT2D eigenvalue weighted by atomic mass is 10.1. The number of amides is 1. The summed E-state index contributed by atoms with van der Waals surface area (Å²) in [6.07, 6.45) is 3.97. The van der Waals surface area contributed by atoms with Gasteiger partial charge in [0.25, 0.3) is 0 Å². The third kappa shape index (κ3) is 5.03. The Kier molecular flexibility index (Phi) is 6.01. The topological polar surface area (TPSA) is 54.5 Å². The molecule has 0 spiro atoms. The number of ether oxygens (including phenoxy) is 1. The zero-order valence-electron chi connectivity index (χ0n) is 14.7. The van der Waals surface area contributed by atoms with Gasteiger partial charge in [0.1, 0.15) is 5.82 Å². The fourth-order valence-electron chi connectivity index (χ4n) is 2.86. The number of nitrogens with zero attached hydrogens (tertiary/aromatic N) is 2. The molecule has 0 atom stereocenters. The van der Waals surface area contributed by atoms with E-state index in [1.54, 1.807) is 6.20 Å². The van der Waals surface area contributed by atoms with Crippen molar-refractivity contribution in [2.45, 2.75) is 26.2 Å². The van der Waals surface area contributed by atoms with Crippen molar-refractivity contribution in [3.8, 4) is 0 Å². The van der Waals surface area contributed by atoms with Crippen molar-refractivity contribution < 1.29 is 9.53 Å². The summed E-state index contributed by atoms with van der Waals surface area (Å²) in [7, 11) is 0. The van der Waals surface area contributed by atoms with Gasteiger partial charge in [-0.15, -0.1) is 0 Å². The lowest BCUT2D eigenvalue weighted by Crippen LogP contribution is -2.36. The van der Waals surface area contributed by atoms with Gasteiger partial charge in [0.2, 0.25) is 5.91 Å². The molecule has 1 aromatic heterocycles. The first kappa shape index (κ1) is 17.4. The Morgan fingerprint density at radius 2 is 1.84 bits per heavy atom. The van der Waals surface area contributed by atoms with Crippen LogP contribution in [-0.2, 0) is 22.4 Å². The van der Waals surface area contributed by atoms with Gasteiger partial charge in [-0.2, -0.15) is 0 Å². The number of benzene rings is 1. The van der Waals surface area contributed by atoms with E-state index in [-0.39, 0.29) is 5.91 Å². The fraction of sp³-hybridized carbons (Fsp3) is 0.400. The number of anilines is 2. The molecule has 0 unspecified atom stereocenters. The number of hydrogen-bond acceptors (Lipinski definition) is 4. The van der Waals surface area contributed by atoms with Crippen LogP contribution in [0.15, 0.2) is 42.6 Å². The molecular formula is C20H25N3O2. The molecule has 0 radical (unpaired) electrons. The normalized spacial score (nSPS) is 14.4. The van der Waals surface area contributed by atoms with E-state index in [0.29, 0.717) is 6.42 Å². The average molecular weight is 339 g/mol. The minimum absolute atomic E-state index is 0.0143. The Morgan fingerprint density at radius 1 is 1.12 bits per heavy atom. The zero-order chi connectivity index (χ0) is 17.5. The first-order valence-corrected chi connectivity index (χ1v) is 8.91. The highest BCUT2D eigenvalue weighted by Gasteiger charge is 2.12. The monoisotopic (exact) mass is 339 g/mol. The average Bonchev–Trinajstić information content (AvgIpc) is 2.68. The van der Waals surface area contributed by atoms with Crippen LogP contribution in [-0.4, -0.2) is 37.2 Å². The van der Waals surface area contributed by atoms with Crippen LogP contribution in [0.4, 0.5) is 11.5 Å². The van der Waals surface area contributed by atoms with Crippen LogP contribution in [0.2, 0.25) is 0 Å². The molecule has 132 valence electrons. The van der Waals surface area contributed by atoms with Gasteiger partial charge in [0, 0.05) is 19.5 Å². The van der Waals surface area contributed by atoms with Gasteiger partial charge in [-0.05, 0) is 36.1 Å². The third-order valence-corrected chi connectivity index (χ3v) is 4.44. The summed E-state index contributed by atoms with van der Waals surface area (Å²) < 4.78 is 5.35. The lowest BCUT2D eigenvalue weighted by Gasteiger charge is -2.27. The van der Waals surface area contributed by atoms with Crippen molar-refractivity contribution >= 4 is 17.4 Å². The van der Waals surface area contributed by atoms with Crippen molar-refractivity contribution in [1.82, 2.24) is 4.98 Å². The van der Waals surface area contributed by atoms with Crippen LogP contribution < -0.4 is 10.2 Å². The molecule has 0 bridgehead atoms. The standard InChI is InChI=1S/C20H25N3O2/c1-2-16-3-5-17(6-4-16)7-10-20(24)22-18-8-9-19(21-15-18)23-11-13-25-14-12-23/h3-6,8-9,15H,2,7,10-14H2,1H3,(H,22,24). The number of aryl methyl sites for hydroxylation is 2. The summed E-state index contributed by atoms with van der Waals surface area (Å²) in [4.78, 5) is 18.8. The van der Waals surface area contributed by atoms with Gasteiger partial charge in [0.05, 0.1) is 25.1 Å². The van der Waals surface area contributed by atoms with Crippen LogP contribution in [0.5, 0.6) is 0 Å². The molecule has 2 heterocycles. The van der Waals surface area contributed by atoms with E-state index in [9.17, 15) is 4.79 Å². The maximum atomic E-state index is 12.1. The molecule has 1 aliphatic heterocycles. The molecule has 1 N–H and O–H groups in total. The highest BCUT2D eigenvalue weighted by molar-refractivity contribution is 5.90. The summed E-state index contributed by atoms with van der Waals surface area (Å²) >= 11 is 0. The summed E-state index contributed by atoms with van der Waals surface area (Å²) in [5.74, 6) is 0.942. The van der Waals surface area contributed by atoms with Gasteiger partial charge in [-0.1, -0.05) is 31.2 Å². The molecule has 0 aliphatic carbocycles. The molecule has 5 nitrogen and oxygen atoms in total. The number of hydrogen-bond donors (Lipinski definition) is 1. The van der Waals surface area contributed by atoms with E-state index in [4.69, 9.17) is 4.74 Å².